The first-order valence-electron chi connectivity index (χ1n) is 6.46. The fourth-order valence-electron chi connectivity index (χ4n) is 2.08. The van der Waals surface area contributed by atoms with Crippen molar-refractivity contribution in [3.63, 3.8) is 0 Å². The summed E-state index contributed by atoms with van der Waals surface area (Å²) in [7, 11) is 1.70. The predicted octanol–water partition coefficient (Wildman–Crippen LogP) is 2.73. The van der Waals surface area contributed by atoms with Crippen molar-refractivity contribution in [3.8, 4) is 5.75 Å². The lowest BCUT2D eigenvalue weighted by Gasteiger charge is -2.19. The third-order valence-corrected chi connectivity index (χ3v) is 3.10. The molecule has 0 spiro atoms. The smallest absolute Gasteiger partial charge is 0.123 e. The highest BCUT2D eigenvalue weighted by Gasteiger charge is 2.13. The third kappa shape index (κ3) is 3.51. The predicted molar refractivity (Wildman–Crippen MR) is 74.9 cm³/mol. The molecule has 1 aromatic heterocycles. The summed E-state index contributed by atoms with van der Waals surface area (Å²) in [6, 6.07) is 10.3. The topological polar surface area (TPSA) is 47.0 Å². The van der Waals surface area contributed by atoms with Crippen molar-refractivity contribution in [2.75, 3.05) is 7.11 Å². The minimum absolute atomic E-state index is 0.256. The van der Waals surface area contributed by atoms with E-state index in [4.69, 9.17) is 4.74 Å². The maximum absolute atomic E-state index is 5.41. The van der Waals surface area contributed by atoms with Gasteiger partial charge in [0.1, 0.15) is 12.1 Å². The molecule has 2 rings (SSSR count). The summed E-state index contributed by atoms with van der Waals surface area (Å²) in [6.07, 6.45) is 4.32. The van der Waals surface area contributed by atoms with E-state index >= 15 is 0 Å². The summed E-state index contributed by atoms with van der Waals surface area (Å²) in [5, 5.41) is 3.51. The number of rotatable bonds is 6. The van der Waals surface area contributed by atoms with Crippen LogP contribution in [0.15, 0.2) is 42.9 Å². The average molecular weight is 257 g/mol. The fraction of sp³-hybridized carbons (Fsp3) is 0.333. The first kappa shape index (κ1) is 13.5. The number of para-hydroxylation sites is 1. The number of benzene rings is 1. The van der Waals surface area contributed by atoms with E-state index in [0.29, 0.717) is 0 Å². The largest absolute Gasteiger partial charge is 0.496 e. The van der Waals surface area contributed by atoms with Gasteiger partial charge in [-0.2, -0.15) is 0 Å². The second kappa shape index (κ2) is 6.85. The Balaban J connectivity index is 2.08. The van der Waals surface area contributed by atoms with Gasteiger partial charge in [-0.15, -0.1) is 0 Å². The Morgan fingerprint density at radius 3 is 2.79 bits per heavy atom. The van der Waals surface area contributed by atoms with E-state index in [1.165, 1.54) is 5.56 Å². The number of nitrogens with one attached hydrogen (secondary N) is 1. The van der Waals surface area contributed by atoms with Crippen molar-refractivity contribution in [2.45, 2.75) is 25.9 Å². The number of hydrogen-bond acceptors (Lipinski definition) is 4. The Bertz CT molecular complexity index is 502. The van der Waals surface area contributed by atoms with E-state index in [2.05, 4.69) is 28.3 Å². The molecule has 19 heavy (non-hydrogen) atoms. The monoisotopic (exact) mass is 257 g/mol. The Labute approximate surface area is 113 Å². The maximum Gasteiger partial charge on any atom is 0.123 e. The van der Waals surface area contributed by atoms with Crippen LogP contribution in [0.4, 0.5) is 0 Å². The Kier molecular flexibility index (Phi) is 4.86. The average Bonchev–Trinajstić information content (AvgIpc) is 2.49. The molecule has 0 amide bonds. The summed E-state index contributed by atoms with van der Waals surface area (Å²) in [6.45, 7) is 2.88. The maximum atomic E-state index is 5.41. The van der Waals surface area contributed by atoms with E-state index < -0.39 is 0 Å². The van der Waals surface area contributed by atoms with Gasteiger partial charge in [0, 0.05) is 24.3 Å². The molecular formula is C15H19N3O. The molecule has 4 heteroatoms. The van der Waals surface area contributed by atoms with Gasteiger partial charge in [-0.05, 0) is 18.6 Å². The first-order valence-corrected chi connectivity index (χ1v) is 6.46. The van der Waals surface area contributed by atoms with Crippen LogP contribution in [-0.4, -0.2) is 17.1 Å². The summed E-state index contributed by atoms with van der Waals surface area (Å²) < 4.78 is 5.41. The molecule has 0 bridgehead atoms. The van der Waals surface area contributed by atoms with Crippen LogP contribution < -0.4 is 10.1 Å². The molecule has 1 atom stereocenters. The lowest BCUT2D eigenvalue weighted by Crippen LogP contribution is -2.21. The van der Waals surface area contributed by atoms with Gasteiger partial charge >= 0.3 is 0 Å². The Morgan fingerprint density at radius 1 is 1.26 bits per heavy atom. The molecule has 1 N–H and O–H groups in total. The third-order valence-electron chi connectivity index (χ3n) is 3.10. The zero-order chi connectivity index (χ0) is 13.5. The van der Waals surface area contributed by atoms with Crippen LogP contribution in [0.2, 0.25) is 0 Å². The van der Waals surface area contributed by atoms with Gasteiger partial charge in [-0.3, -0.25) is 0 Å². The number of methoxy groups -OCH3 is 1. The van der Waals surface area contributed by atoms with Gasteiger partial charge in [0.05, 0.1) is 12.8 Å². The van der Waals surface area contributed by atoms with Gasteiger partial charge in [0.2, 0.25) is 0 Å². The van der Waals surface area contributed by atoms with Crippen LogP contribution in [-0.2, 0) is 6.54 Å². The van der Waals surface area contributed by atoms with Crippen molar-refractivity contribution in [2.24, 2.45) is 0 Å². The van der Waals surface area contributed by atoms with E-state index in [9.17, 15) is 0 Å². The second-order valence-electron chi connectivity index (χ2n) is 4.28. The highest BCUT2D eigenvalue weighted by molar-refractivity contribution is 5.35. The molecule has 0 aliphatic rings. The van der Waals surface area contributed by atoms with Crippen molar-refractivity contribution in [1.82, 2.24) is 15.3 Å². The standard InChI is InChI=1S/C15H19N3O/c1-3-14(13-6-4-5-7-15(13)19-2)17-10-12-8-9-16-11-18-12/h4-9,11,14,17H,3,10H2,1-2H3. The molecule has 0 aliphatic carbocycles. The molecular weight excluding hydrogens is 238 g/mol. The lowest BCUT2D eigenvalue weighted by atomic mass is 10.0. The molecule has 0 aliphatic heterocycles. The molecule has 0 radical (unpaired) electrons. The van der Waals surface area contributed by atoms with Crippen molar-refractivity contribution < 1.29 is 4.74 Å². The number of ether oxygens (including phenoxy) is 1. The Morgan fingerprint density at radius 2 is 2.11 bits per heavy atom. The molecule has 100 valence electrons. The summed E-state index contributed by atoms with van der Waals surface area (Å²) in [4.78, 5) is 8.14. The van der Waals surface area contributed by atoms with E-state index in [1.54, 1.807) is 19.6 Å². The molecule has 1 heterocycles. The second-order valence-corrected chi connectivity index (χ2v) is 4.28. The molecule has 4 nitrogen and oxygen atoms in total. The highest BCUT2D eigenvalue weighted by Crippen LogP contribution is 2.26. The minimum Gasteiger partial charge on any atom is -0.496 e. The normalized spacial score (nSPS) is 12.1. The minimum atomic E-state index is 0.256. The van der Waals surface area contributed by atoms with Crippen molar-refractivity contribution in [3.05, 3.63) is 54.1 Å². The van der Waals surface area contributed by atoms with Gasteiger partial charge in [0.15, 0.2) is 0 Å². The number of nitrogens with zero attached hydrogens (tertiary/aromatic N) is 2. The van der Waals surface area contributed by atoms with Crippen LogP contribution in [0, 0.1) is 0 Å². The van der Waals surface area contributed by atoms with Crippen LogP contribution in [0.25, 0.3) is 0 Å². The fourth-order valence-corrected chi connectivity index (χ4v) is 2.08. The van der Waals surface area contributed by atoms with Gasteiger partial charge in [-0.25, -0.2) is 9.97 Å². The summed E-state index contributed by atoms with van der Waals surface area (Å²) in [5.74, 6) is 0.921. The summed E-state index contributed by atoms with van der Waals surface area (Å²) in [5.41, 5.74) is 2.17. The highest BCUT2D eigenvalue weighted by atomic mass is 16.5. The molecule has 2 aromatic rings. The molecule has 1 aromatic carbocycles. The lowest BCUT2D eigenvalue weighted by molar-refractivity contribution is 0.396. The van der Waals surface area contributed by atoms with E-state index in [0.717, 1.165) is 24.4 Å². The van der Waals surface area contributed by atoms with Gasteiger partial charge in [-0.1, -0.05) is 25.1 Å². The quantitative estimate of drug-likeness (QED) is 0.864. The van der Waals surface area contributed by atoms with Crippen LogP contribution >= 0.6 is 0 Å². The molecule has 0 fully saturated rings. The summed E-state index contributed by atoms with van der Waals surface area (Å²) >= 11 is 0. The molecule has 1 unspecified atom stereocenters. The van der Waals surface area contributed by atoms with Crippen LogP contribution in [0.1, 0.15) is 30.6 Å². The van der Waals surface area contributed by atoms with Gasteiger partial charge in [0.25, 0.3) is 0 Å². The SMILES string of the molecule is CCC(NCc1ccncn1)c1ccccc1OC. The zero-order valence-electron chi connectivity index (χ0n) is 11.3. The first-order chi connectivity index (χ1) is 9.35. The van der Waals surface area contributed by atoms with E-state index in [1.807, 2.05) is 24.3 Å². The van der Waals surface area contributed by atoms with Gasteiger partial charge < -0.3 is 10.1 Å². The van der Waals surface area contributed by atoms with Crippen molar-refractivity contribution in [1.29, 1.82) is 0 Å². The van der Waals surface area contributed by atoms with Crippen molar-refractivity contribution >= 4 is 0 Å². The van der Waals surface area contributed by atoms with E-state index in [-0.39, 0.29) is 6.04 Å². The Hall–Kier alpha value is -1.94. The molecule has 0 saturated heterocycles. The number of hydrogen-bond donors (Lipinski definition) is 1. The molecule has 0 saturated carbocycles. The zero-order valence-corrected chi connectivity index (χ0v) is 11.3. The number of aromatic nitrogens is 2. The van der Waals surface area contributed by atoms with Crippen LogP contribution in [0.3, 0.4) is 0 Å². The van der Waals surface area contributed by atoms with Crippen LogP contribution in [0.5, 0.6) is 5.75 Å².